The molecule has 0 spiro atoms. The molecule has 0 radical (unpaired) electrons. The molecule has 0 atom stereocenters. The number of carbonyl (C=O) groups is 1. The molecule has 6 heteroatoms. The summed E-state index contributed by atoms with van der Waals surface area (Å²) < 4.78 is 5.11. The van der Waals surface area contributed by atoms with Gasteiger partial charge in [0, 0.05) is 24.2 Å². The maximum atomic E-state index is 10.9. The molecule has 15 heavy (non-hydrogen) atoms. The highest BCUT2D eigenvalue weighted by molar-refractivity contribution is 7.15. The molecule has 0 saturated heterocycles. The van der Waals surface area contributed by atoms with E-state index in [1.54, 1.807) is 6.20 Å². The van der Waals surface area contributed by atoms with Crippen LogP contribution in [0.2, 0.25) is 4.47 Å². The van der Waals surface area contributed by atoms with Crippen LogP contribution in [0.4, 0.5) is 0 Å². The summed E-state index contributed by atoms with van der Waals surface area (Å²) in [6.07, 6.45) is 2.15. The number of ether oxygens (including phenoxy) is 1. The Labute approximate surface area is 97.8 Å². The number of rotatable bonds is 5. The fraction of sp³-hybridized carbons (Fsp3) is 0.556. The Morgan fingerprint density at radius 1 is 1.73 bits per heavy atom. The summed E-state index contributed by atoms with van der Waals surface area (Å²) in [6, 6.07) is 0. The molecule has 0 aromatic carbocycles. The maximum absolute atomic E-state index is 10.9. The van der Waals surface area contributed by atoms with Crippen molar-refractivity contribution in [3.05, 3.63) is 15.5 Å². The van der Waals surface area contributed by atoms with Crippen molar-refractivity contribution in [1.29, 1.82) is 0 Å². The minimum Gasteiger partial charge on any atom is -0.469 e. The average Bonchev–Trinajstić information content (AvgIpc) is 2.60. The van der Waals surface area contributed by atoms with Gasteiger partial charge in [-0.2, -0.15) is 0 Å². The molecule has 0 amide bonds. The molecule has 0 N–H and O–H groups in total. The smallest absolute Gasteiger partial charge is 0.306 e. The van der Waals surface area contributed by atoms with Crippen molar-refractivity contribution < 1.29 is 9.53 Å². The van der Waals surface area contributed by atoms with E-state index in [1.165, 1.54) is 18.4 Å². The molecule has 1 aromatic heterocycles. The van der Waals surface area contributed by atoms with Gasteiger partial charge in [-0.05, 0) is 7.05 Å². The van der Waals surface area contributed by atoms with Gasteiger partial charge in [0.05, 0.1) is 13.5 Å². The molecule has 0 aliphatic carbocycles. The molecule has 0 unspecified atom stereocenters. The zero-order valence-corrected chi connectivity index (χ0v) is 10.3. The third-order valence-corrected chi connectivity index (χ3v) is 2.98. The van der Waals surface area contributed by atoms with Crippen LogP contribution in [-0.2, 0) is 16.1 Å². The lowest BCUT2D eigenvalue weighted by Gasteiger charge is -2.13. The molecule has 1 aromatic rings. The van der Waals surface area contributed by atoms with Gasteiger partial charge in [0.2, 0.25) is 0 Å². The quantitative estimate of drug-likeness (QED) is 0.746. The first-order chi connectivity index (χ1) is 7.11. The van der Waals surface area contributed by atoms with Gasteiger partial charge in [-0.1, -0.05) is 11.6 Å². The van der Waals surface area contributed by atoms with E-state index in [9.17, 15) is 4.79 Å². The van der Waals surface area contributed by atoms with Gasteiger partial charge in [-0.15, -0.1) is 11.3 Å². The third kappa shape index (κ3) is 4.59. The first kappa shape index (κ1) is 12.4. The predicted octanol–water partition coefficient (Wildman–Crippen LogP) is 1.79. The zero-order valence-electron chi connectivity index (χ0n) is 8.70. The van der Waals surface area contributed by atoms with Crippen molar-refractivity contribution in [3.63, 3.8) is 0 Å². The maximum Gasteiger partial charge on any atom is 0.306 e. The molecule has 1 heterocycles. The molecule has 0 bridgehead atoms. The largest absolute Gasteiger partial charge is 0.469 e. The van der Waals surface area contributed by atoms with Crippen LogP contribution in [0.25, 0.3) is 0 Å². The molecule has 84 valence electrons. The van der Waals surface area contributed by atoms with E-state index in [-0.39, 0.29) is 5.97 Å². The van der Waals surface area contributed by atoms with Crippen molar-refractivity contribution in [1.82, 2.24) is 9.88 Å². The van der Waals surface area contributed by atoms with Crippen LogP contribution in [0.1, 0.15) is 11.3 Å². The lowest BCUT2D eigenvalue weighted by Crippen LogP contribution is -2.21. The normalized spacial score (nSPS) is 10.7. The number of thiazole rings is 1. The molecule has 1 rings (SSSR count). The summed E-state index contributed by atoms with van der Waals surface area (Å²) in [4.78, 5) is 18.0. The van der Waals surface area contributed by atoms with Crippen LogP contribution in [0.15, 0.2) is 6.20 Å². The Morgan fingerprint density at radius 2 is 2.47 bits per heavy atom. The first-order valence-electron chi connectivity index (χ1n) is 4.47. The SMILES string of the molecule is COC(=O)CCN(C)Cc1cnc(Cl)s1. The van der Waals surface area contributed by atoms with E-state index in [0.29, 0.717) is 17.4 Å². The van der Waals surface area contributed by atoms with Crippen LogP contribution < -0.4 is 0 Å². The van der Waals surface area contributed by atoms with Gasteiger partial charge in [0.25, 0.3) is 0 Å². The fourth-order valence-corrected chi connectivity index (χ4v) is 2.14. The second kappa shape index (κ2) is 6.05. The summed E-state index contributed by atoms with van der Waals surface area (Å²) in [7, 11) is 3.34. The molecule has 0 aliphatic heterocycles. The van der Waals surface area contributed by atoms with Gasteiger partial charge in [-0.25, -0.2) is 4.98 Å². The summed E-state index contributed by atoms with van der Waals surface area (Å²) in [5.74, 6) is -0.191. The predicted molar refractivity (Wildman–Crippen MR) is 60.1 cm³/mol. The lowest BCUT2D eigenvalue weighted by molar-refractivity contribution is -0.140. The summed E-state index contributed by atoms with van der Waals surface area (Å²) in [5, 5.41) is 0. The van der Waals surface area contributed by atoms with E-state index in [4.69, 9.17) is 11.6 Å². The summed E-state index contributed by atoms with van der Waals surface area (Å²) >= 11 is 7.16. The Kier molecular flexibility index (Phi) is 5.01. The minimum atomic E-state index is -0.191. The Morgan fingerprint density at radius 3 is 3.00 bits per heavy atom. The van der Waals surface area contributed by atoms with Crippen molar-refractivity contribution in [3.8, 4) is 0 Å². The number of carbonyl (C=O) groups excluding carboxylic acids is 1. The van der Waals surface area contributed by atoms with Gasteiger partial charge in [0.1, 0.15) is 0 Å². The van der Waals surface area contributed by atoms with Crippen molar-refractivity contribution in [2.75, 3.05) is 20.7 Å². The van der Waals surface area contributed by atoms with Crippen LogP contribution in [-0.4, -0.2) is 36.6 Å². The highest BCUT2D eigenvalue weighted by Gasteiger charge is 2.06. The van der Waals surface area contributed by atoms with Gasteiger partial charge in [-0.3, -0.25) is 4.79 Å². The van der Waals surface area contributed by atoms with E-state index in [1.807, 2.05) is 11.9 Å². The van der Waals surface area contributed by atoms with Crippen LogP contribution >= 0.6 is 22.9 Å². The second-order valence-corrected chi connectivity index (χ2v) is 4.84. The van der Waals surface area contributed by atoms with Gasteiger partial charge >= 0.3 is 5.97 Å². The van der Waals surface area contributed by atoms with Crippen molar-refractivity contribution in [2.24, 2.45) is 0 Å². The third-order valence-electron chi connectivity index (χ3n) is 1.88. The Balaban J connectivity index is 2.30. The number of aromatic nitrogens is 1. The molecule has 0 aliphatic rings. The number of nitrogens with zero attached hydrogens (tertiary/aromatic N) is 2. The average molecular weight is 249 g/mol. The van der Waals surface area contributed by atoms with Crippen LogP contribution in [0.3, 0.4) is 0 Å². The van der Waals surface area contributed by atoms with Gasteiger partial charge in [0.15, 0.2) is 4.47 Å². The molecular weight excluding hydrogens is 236 g/mol. The number of hydrogen-bond donors (Lipinski definition) is 0. The Bertz CT molecular complexity index is 330. The monoisotopic (exact) mass is 248 g/mol. The Hall–Kier alpha value is -0.650. The first-order valence-corrected chi connectivity index (χ1v) is 5.67. The van der Waals surface area contributed by atoms with Crippen LogP contribution in [0.5, 0.6) is 0 Å². The highest BCUT2D eigenvalue weighted by atomic mass is 35.5. The summed E-state index contributed by atoms with van der Waals surface area (Å²) in [6.45, 7) is 1.42. The number of methoxy groups -OCH3 is 1. The van der Waals surface area contributed by atoms with Crippen molar-refractivity contribution >= 4 is 28.9 Å². The fourth-order valence-electron chi connectivity index (χ4n) is 1.09. The molecule has 4 nitrogen and oxygen atoms in total. The zero-order chi connectivity index (χ0) is 11.3. The number of esters is 1. The minimum absolute atomic E-state index is 0.191. The van der Waals surface area contributed by atoms with E-state index in [2.05, 4.69) is 9.72 Å². The van der Waals surface area contributed by atoms with Crippen LogP contribution in [0, 0.1) is 0 Å². The second-order valence-electron chi connectivity index (χ2n) is 3.14. The van der Waals surface area contributed by atoms with E-state index < -0.39 is 0 Å². The number of hydrogen-bond acceptors (Lipinski definition) is 5. The molecular formula is C9H13ClN2O2S. The number of halogens is 1. The van der Waals surface area contributed by atoms with Gasteiger partial charge < -0.3 is 9.64 Å². The standard InChI is InChI=1S/C9H13ClN2O2S/c1-12(4-3-8(13)14-2)6-7-5-11-9(10)15-7/h5H,3-4,6H2,1-2H3. The topological polar surface area (TPSA) is 42.4 Å². The van der Waals surface area contributed by atoms with Crippen molar-refractivity contribution in [2.45, 2.75) is 13.0 Å². The summed E-state index contributed by atoms with van der Waals surface area (Å²) in [5.41, 5.74) is 0. The van der Waals surface area contributed by atoms with E-state index >= 15 is 0 Å². The van der Waals surface area contributed by atoms with E-state index in [0.717, 1.165) is 11.4 Å². The lowest BCUT2D eigenvalue weighted by atomic mass is 10.4. The molecule has 0 fully saturated rings. The highest BCUT2D eigenvalue weighted by Crippen LogP contribution is 2.18. The molecule has 0 saturated carbocycles.